The van der Waals surface area contributed by atoms with Crippen molar-refractivity contribution >= 4 is 23.2 Å². The summed E-state index contributed by atoms with van der Waals surface area (Å²) in [7, 11) is 0. The molecule has 142 valence electrons. The van der Waals surface area contributed by atoms with E-state index in [1.807, 2.05) is 47.0 Å². The van der Waals surface area contributed by atoms with Gasteiger partial charge in [0.05, 0.1) is 17.7 Å². The van der Waals surface area contributed by atoms with E-state index in [1.54, 1.807) is 6.07 Å². The number of pyridine rings is 1. The molecule has 0 aliphatic rings. The predicted octanol–water partition coefficient (Wildman–Crippen LogP) is 4.06. The van der Waals surface area contributed by atoms with E-state index in [0.717, 1.165) is 11.5 Å². The van der Waals surface area contributed by atoms with Crippen LogP contribution in [0, 0.1) is 5.92 Å². The summed E-state index contributed by atoms with van der Waals surface area (Å²) >= 11 is 6.05. The summed E-state index contributed by atoms with van der Waals surface area (Å²) in [5.41, 5.74) is 0.764. The number of halogens is 1. The van der Waals surface area contributed by atoms with Gasteiger partial charge in [0.15, 0.2) is 11.5 Å². The predicted molar refractivity (Wildman–Crippen MR) is 105 cm³/mol. The molecule has 1 aromatic carbocycles. The lowest BCUT2D eigenvalue weighted by Crippen LogP contribution is -2.33. The average Bonchev–Trinajstić information content (AvgIpc) is 3.08. The van der Waals surface area contributed by atoms with E-state index >= 15 is 0 Å². The monoisotopic (exact) mass is 386 g/mol. The van der Waals surface area contributed by atoms with E-state index in [0.29, 0.717) is 30.2 Å². The van der Waals surface area contributed by atoms with Gasteiger partial charge in [-0.15, -0.1) is 10.2 Å². The Morgan fingerprint density at radius 2 is 1.96 bits per heavy atom. The van der Waals surface area contributed by atoms with Crippen molar-refractivity contribution < 1.29 is 9.53 Å². The van der Waals surface area contributed by atoms with Crippen molar-refractivity contribution in [1.29, 1.82) is 0 Å². The van der Waals surface area contributed by atoms with Crippen molar-refractivity contribution in [2.75, 3.05) is 6.61 Å². The van der Waals surface area contributed by atoms with Crippen molar-refractivity contribution in [2.45, 2.75) is 32.7 Å². The van der Waals surface area contributed by atoms with Gasteiger partial charge in [-0.2, -0.15) is 0 Å². The van der Waals surface area contributed by atoms with Gasteiger partial charge in [0, 0.05) is 12.6 Å². The molecule has 3 rings (SSSR count). The topological polar surface area (TPSA) is 68.5 Å². The zero-order valence-electron chi connectivity index (χ0n) is 15.4. The molecule has 2 heterocycles. The highest BCUT2D eigenvalue weighted by molar-refractivity contribution is 6.32. The summed E-state index contributed by atoms with van der Waals surface area (Å²) in [6.45, 7) is 4.53. The number of carbonyl (C=O) groups excluding carboxylic acids is 1. The second-order valence-corrected chi connectivity index (χ2v) is 7.07. The van der Waals surface area contributed by atoms with Gasteiger partial charge in [-0.1, -0.05) is 43.6 Å². The summed E-state index contributed by atoms with van der Waals surface area (Å²) in [4.78, 5) is 12.4. The van der Waals surface area contributed by atoms with E-state index in [1.165, 1.54) is 0 Å². The summed E-state index contributed by atoms with van der Waals surface area (Å²) in [5.74, 6) is 1.51. The van der Waals surface area contributed by atoms with Crippen LogP contribution in [0.25, 0.3) is 5.65 Å². The number of fused-ring (bicyclic) bond motifs is 1. The first-order valence-electron chi connectivity index (χ1n) is 9.02. The molecule has 7 heteroatoms. The lowest BCUT2D eigenvalue weighted by atomic mass is 10.0. The first-order chi connectivity index (χ1) is 13.1. The zero-order chi connectivity index (χ0) is 19.2. The van der Waals surface area contributed by atoms with Crippen LogP contribution in [-0.2, 0) is 4.79 Å². The maximum atomic E-state index is 12.4. The van der Waals surface area contributed by atoms with Crippen LogP contribution in [-0.4, -0.2) is 27.1 Å². The van der Waals surface area contributed by atoms with Crippen LogP contribution >= 0.6 is 11.6 Å². The van der Waals surface area contributed by atoms with Crippen LogP contribution in [0.4, 0.5) is 0 Å². The molecule has 0 spiro atoms. The Balaban J connectivity index is 1.55. The summed E-state index contributed by atoms with van der Waals surface area (Å²) < 4.78 is 7.54. The minimum absolute atomic E-state index is 0.0378. The van der Waals surface area contributed by atoms with Crippen molar-refractivity contribution in [3.8, 4) is 5.75 Å². The molecule has 27 heavy (non-hydrogen) atoms. The molecule has 0 radical (unpaired) electrons. The van der Waals surface area contributed by atoms with Crippen LogP contribution in [0.15, 0.2) is 48.7 Å². The highest BCUT2D eigenvalue weighted by Crippen LogP contribution is 2.23. The van der Waals surface area contributed by atoms with Gasteiger partial charge < -0.3 is 10.1 Å². The van der Waals surface area contributed by atoms with Gasteiger partial charge in [0.25, 0.3) is 0 Å². The Morgan fingerprint density at radius 3 is 2.74 bits per heavy atom. The van der Waals surface area contributed by atoms with Gasteiger partial charge in [-0.05, 0) is 36.6 Å². The van der Waals surface area contributed by atoms with Gasteiger partial charge in [-0.25, -0.2) is 0 Å². The molecule has 0 saturated carbocycles. The van der Waals surface area contributed by atoms with Gasteiger partial charge >= 0.3 is 0 Å². The van der Waals surface area contributed by atoms with Crippen molar-refractivity contribution in [3.05, 3.63) is 59.5 Å². The number of nitrogens with zero attached hydrogens (tertiary/aromatic N) is 3. The van der Waals surface area contributed by atoms with Crippen LogP contribution in [0.5, 0.6) is 5.75 Å². The summed E-state index contributed by atoms with van der Waals surface area (Å²) in [6, 6.07) is 12.8. The molecule has 0 bridgehead atoms. The Morgan fingerprint density at radius 1 is 1.19 bits per heavy atom. The van der Waals surface area contributed by atoms with Crippen LogP contribution in [0.1, 0.15) is 38.6 Å². The zero-order valence-corrected chi connectivity index (χ0v) is 16.2. The molecule has 0 saturated heterocycles. The van der Waals surface area contributed by atoms with E-state index in [-0.39, 0.29) is 17.9 Å². The van der Waals surface area contributed by atoms with Crippen LogP contribution in [0.2, 0.25) is 5.02 Å². The van der Waals surface area contributed by atoms with E-state index < -0.39 is 0 Å². The smallest absolute Gasteiger partial charge is 0.220 e. The van der Waals surface area contributed by atoms with Gasteiger partial charge in [-0.3, -0.25) is 9.20 Å². The standard InChI is InChI=1S/C20H23ClN4O2/c1-14(2)19(20-24-23-17-10-5-6-12-25(17)20)22-18(26)11-7-13-27-16-9-4-3-8-15(16)21/h3-6,8-10,12,14,19H,7,11,13H2,1-2H3,(H,22,26). The third-order valence-corrected chi connectivity index (χ3v) is 4.56. The molecule has 1 unspecified atom stereocenters. The van der Waals surface area contributed by atoms with Crippen molar-refractivity contribution in [3.63, 3.8) is 0 Å². The maximum Gasteiger partial charge on any atom is 0.220 e. The number of nitrogens with one attached hydrogen (secondary N) is 1. The molecule has 3 aromatic rings. The molecule has 0 fully saturated rings. The molecule has 1 N–H and O–H groups in total. The minimum atomic E-state index is -0.209. The number of para-hydroxylation sites is 1. The Bertz CT molecular complexity index is 910. The molecule has 6 nitrogen and oxygen atoms in total. The second kappa shape index (κ2) is 8.86. The largest absolute Gasteiger partial charge is 0.492 e. The number of benzene rings is 1. The Labute approximate surface area is 163 Å². The molecule has 1 atom stereocenters. The highest BCUT2D eigenvalue weighted by Gasteiger charge is 2.23. The van der Waals surface area contributed by atoms with E-state index in [4.69, 9.17) is 16.3 Å². The number of ether oxygens (including phenoxy) is 1. The number of rotatable bonds is 8. The molecule has 0 aliphatic carbocycles. The third-order valence-electron chi connectivity index (χ3n) is 4.24. The van der Waals surface area contributed by atoms with Crippen molar-refractivity contribution in [1.82, 2.24) is 19.9 Å². The summed E-state index contributed by atoms with van der Waals surface area (Å²) in [6.07, 6.45) is 2.87. The van der Waals surface area contributed by atoms with Crippen LogP contribution in [0.3, 0.4) is 0 Å². The third kappa shape index (κ3) is 4.77. The fourth-order valence-electron chi connectivity index (χ4n) is 2.82. The molecule has 2 aromatic heterocycles. The Kier molecular flexibility index (Phi) is 6.29. The van der Waals surface area contributed by atoms with Gasteiger partial charge in [0.1, 0.15) is 5.75 Å². The van der Waals surface area contributed by atoms with Crippen molar-refractivity contribution in [2.24, 2.45) is 5.92 Å². The quantitative estimate of drug-likeness (QED) is 0.593. The lowest BCUT2D eigenvalue weighted by molar-refractivity contribution is -0.122. The fourth-order valence-corrected chi connectivity index (χ4v) is 3.01. The molecule has 0 aliphatic heterocycles. The first-order valence-corrected chi connectivity index (χ1v) is 9.40. The number of hydrogen-bond donors (Lipinski definition) is 1. The normalized spacial score (nSPS) is 12.3. The van der Waals surface area contributed by atoms with E-state index in [2.05, 4.69) is 29.4 Å². The lowest BCUT2D eigenvalue weighted by Gasteiger charge is -2.21. The SMILES string of the molecule is CC(C)C(NC(=O)CCCOc1ccccc1Cl)c1nnc2ccccn12. The second-order valence-electron chi connectivity index (χ2n) is 6.66. The highest BCUT2D eigenvalue weighted by atomic mass is 35.5. The first kappa shape index (κ1) is 19.2. The summed E-state index contributed by atoms with van der Waals surface area (Å²) in [5, 5.41) is 12.1. The number of hydrogen-bond acceptors (Lipinski definition) is 4. The Hall–Kier alpha value is -2.60. The number of carbonyl (C=O) groups is 1. The van der Waals surface area contributed by atoms with E-state index in [9.17, 15) is 4.79 Å². The fraction of sp³-hybridized carbons (Fsp3) is 0.350. The number of amides is 1. The average molecular weight is 387 g/mol. The van der Waals surface area contributed by atoms with Gasteiger partial charge in [0.2, 0.25) is 5.91 Å². The molecule has 1 amide bonds. The number of aromatic nitrogens is 3. The minimum Gasteiger partial charge on any atom is -0.492 e. The molecular formula is C20H23ClN4O2. The molecular weight excluding hydrogens is 364 g/mol. The maximum absolute atomic E-state index is 12.4. The van der Waals surface area contributed by atoms with Crippen LogP contribution < -0.4 is 10.1 Å².